The first-order chi connectivity index (χ1) is 8.97. The molecule has 0 aliphatic heterocycles. The number of nitrogens with two attached hydrogens (primary N) is 1. The van der Waals surface area contributed by atoms with Crippen LogP contribution in [0.5, 0.6) is 0 Å². The molecule has 0 heterocycles. The maximum Gasteiger partial charge on any atom is 0.335 e. The van der Waals surface area contributed by atoms with Crippen molar-refractivity contribution in [2.45, 2.75) is 6.92 Å². The summed E-state index contributed by atoms with van der Waals surface area (Å²) in [6, 6.07) is 10.1. The van der Waals surface area contributed by atoms with E-state index < -0.39 is 5.97 Å². The number of carbonyl (C=O) groups is 1. The summed E-state index contributed by atoms with van der Waals surface area (Å²) in [4.78, 5) is 10.8. The summed E-state index contributed by atoms with van der Waals surface area (Å²) in [5, 5.41) is 12.6. The molecule has 0 aliphatic carbocycles. The summed E-state index contributed by atoms with van der Waals surface area (Å²) >= 11 is 6.04. The van der Waals surface area contributed by atoms with Crippen molar-refractivity contribution in [3.8, 4) is 0 Å². The maximum absolute atomic E-state index is 10.8. The lowest BCUT2D eigenvalue weighted by Crippen LogP contribution is -2.01. The van der Waals surface area contributed by atoms with Crippen molar-refractivity contribution >= 4 is 34.6 Å². The van der Waals surface area contributed by atoms with Gasteiger partial charge in [-0.15, -0.1) is 0 Å². The lowest BCUT2D eigenvalue weighted by atomic mass is 10.1. The van der Waals surface area contributed by atoms with Gasteiger partial charge in [0.1, 0.15) is 0 Å². The molecule has 98 valence electrons. The normalized spacial score (nSPS) is 10.2. The molecule has 2 rings (SSSR count). The highest BCUT2D eigenvalue weighted by atomic mass is 35.5. The molecule has 0 aromatic heterocycles. The predicted octanol–water partition coefficient (Wildman–Crippen LogP) is 3.67. The smallest absolute Gasteiger partial charge is 0.335 e. The number of carboxylic acids is 1. The van der Waals surface area contributed by atoms with Crippen molar-refractivity contribution in [2.75, 3.05) is 11.1 Å². The van der Waals surface area contributed by atoms with E-state index in [2.05, 4.69) is 5.32 Å². The highest BCUT2D eigenvalue weighted by Crippen LogP contribution is 2.27. The molecule has 0 unspecified atom stereocenters. The van der Waals surface area contributed by atoms with Crippen LogP contribution in [0.3, 0.4) is 0 Å². The summed E-state index contributed by atoms with van der Waals surface area (Å²) in [6.07, 6.45) is 0. The van der Waals surface area contributed by atoms with Gasteiger partial charge >= 0.3 is 5.97 Å². The Morgan fingerprint density at radius 2 is 2.00 bits per heavy atom. The molecule has 2 aromatic carbocycles. The number of hydrogen-bond acceptors (Lipinski definition) is 3. The van der Waals surface area contributed by atoms with Gasteiger partial charge in [-0.1, -0.05) is 17.7 Å². The van der Waals surface area contributed by atoms with E-state index in [1.165, 1.54) is 12.1 Å². The van der Waals surface area contributed by atoms with Crippen LogP contribution in [0.2, 0.25) is 5.02 Å². The third-order valence-electron chi connectivity index (χ3n) is 2.75. The molecule has 0 saturated carbocycles. The van der Waals surface area contributed by atoms with E-state index in [0.717, 1.165) is 11.3 Å². The molecule has 2 aromatic rings. The third-order valence-corrected chi connectivity index (χ3v) is 3.16. The fraction of sp³-hybridized carbons (Fsp3) is 0.0714. The average Bonchev–Trinajstić information content (AvgIpc) is 2.36. The van der Waals surface area contributed by atoms with Gasteiger partial charge in [-0.25, -0.2) is 4.79 Å². The number of anilines is 3. The van der Waals surface area contributed by atoms with Gasteiger partial charge in [0.2, 0.25) is 0 Å². The minimum atomic E-state index is -1.00. The first-order valence-electron chi connectivity index (χ1n) is 5.63. The number of benzene rings is 2. The van der Waals surface area contributed by atoms with Crippen molar-refractivity contribution < 1.29 is 9.90 Å². The standard InChI is InChI=1S/C14H13ClN2O2/c1-8-2-4-10(7-11(8)15)17-13-5-3-9(14(18)19)6-12(13)16/h2-7,17H,16H2,1H3,(H,18,19). The number of aryl methyl sites for hydroxylation is 1. The van der Waals surface area contributed by atoms with E-state index in [4.69, 9.17) is 22.4 Å². The predicted molar refractivity (Wildman–Crippen MR) is 77.3 cm³/mol. The van der Waals surface area contributed by atoms with Gasteiger partial charge in [-0.05, 0) is 42.8 Å². The molecule has 0 saturated heterocycles. The number of aromatic carboxylic acids is 1. The number of carboxylic acid groups (broad SMARTS) is 1. The molecule has 0 atom stereocenters. The van der Waals surface area contributed by atoms with E-state index in [0.29, 0.717) is 16.4 Å². The molecule has 0 bridgehead atoms. The highest BCUT2D eigenvalue weighted by Gasteiger charge is 2.07. The zero-order valence-electron chi connectivity index (χ0n) is 10.3. The molecule has 0 amide bonds. The van der Waals surface area contributed by atoms with Gasteiger partial charge in [-0.3, -0.25) is 0 Å². The second-order valence-corrected chi connectivity index (χ2v) is 4.60. The van der Waals surface area contributed by atoms with Crippen LogP contribution in [0.25, 0.3) is 0 Å². The molecule has 5 heteroatoms. The average molecular weight is 277 g/mol. The quantitative estimate of drug-likeness (QED) is 0.748. The van der Waals surface area contributed by atoms with Crippen LogP contribution in [-0.4, -0.2) is 11.1 Å². The largest absolute Gasteiger partial charge is 0.478 e. The lowest BCUT2D eigenvalue weighted by Gasteiger charge is -2.11. The van der Waals surface area contributed by atoms with Crippen molar-refractivity contribution in [3.63, 3.8) is 0 Å². The van der Waals surface area contributed by atoms with Crippen LogP contribution in [-0.2, 0) is 0 Å². The first kappa shape index (κ1) is 13.2. The third kappa shape index (κ3) is 2.98. The monoisotopic (exact) mass is 276 g/mol. The fourth-order valence-electron chi connectivity index (χ4n) is 1.64. The van der Waals surface area contributed by atoms with E-state index >= 15 is 0 Å². The molecule has 0 radical (unpaired) electrons. The Morgan fingerprint density at radius 1 is 1.26 bits per heavy atom. The first-order valence-corrected chi connectivity index (χ1v) is 6.01. The van der Waals surface area contributed by atoms with Crippen LogP contribution < -0.4 is 11.1 Å². The van der Waals surface area contributed by atoms with Crippen molar-refractivity contribution in [2.24, 2.45) is 0 Å². The van der Waals surface area contributed by atoms with Gasteiger partial charge < -0.3 is 16.2 Å². The Balaban J connectivity index is 2.28. The van der Waals surface area contributed by atoms with Gasteiger partial charge in [0.15, 0.2) is 0 Å². The van der Waals surface area contributed by atoms with E-state index in [1.54, 1.807) is 12.1 Å². The minimum Gasteiger partial charge on any atom is -0.478 e. The topological polar surface area (TPSA) is 75.3 Å². The van der Waals surface area contributed by atoms with Crippen molar-refractivity contribution in [1.82, 2.24) is 0 Å². The number of hydrogen-bond donors (Lipinski definition) is 3. The fourth-order valence-corrected chi connectivity index (χ4v) is 1.82. The van der Waals surface area contributed by atoms with Gasteiger partial charge in [0.05, 0.1) is 16.9 Å². The Morgan fingerprint density at radius 3 is 2.58 bits per heavy atom. The minimum absolute atomic E-state index is 0.157. The second-order valence-electron chi connectivity index (χ2n) is 4.20. The number of halogens is 1. The van der Waals surface area contributed by atoms with Gasteiger partial charge in [-0.2, -0.15) is 0 Å². The molecular formula is C14H13ClN2O2. The molecule has 4 nitrogen and oxygen atoms in total. The number of nitrogen functional groups attached to an aromatic ring is 1. The summed E-state index contributed by atoms with van der Waals surface area (Å²) in [5.74, 6) is -1.00. The number of nitrogens with one attached hydrogen (secondary N) is 1. The Hall–Kier alpha value is -2.20. The van der Waals surface area contributed by atoms with Crippen LogP contribution in [0, 0.1) is 6.92 Å². The zero-order chi connectivity index (χ0) is 14.0. The highest BCUT2D eigenvalue weighted by molar-refractivity contribution is 6.31. The van der Waals surface area contributed by atoms with E-state index in [-0.39, 0.29) is 5.56 Å². The summed E-state index contributed by atoms with van der Waals surface area (Å²) < 4.78 is 0. The van der Waals surface area contributed by atoms with Crippen LogP contribution in [0.1, 0.15) is 15.9 Å². The van der Waals surface area contributed by atoms with Gasteiger partial charge in [0, 0.05) is 10.7 Å². The van der Waals surface area contributed by atoms with E-state index in [9.17, 15) is 4.79 Å². The van der Waals surface area contributed by atoms with Crippen molar-refractivity contribution in [1.29, 1.82) is 0 Å². The molecule has 19 heavy (non-hydrogen) atoms. The molecule has 0 spiro atoms. The summed E-state index contributed by atoms with van der Waals surface area (Å²) in [6.45, 7) is 1.92. The maximum atomic E-state index is 10.8. The van der Waals surface area contributed by atoms with Gasteiger partial charge in [0.25, 0.3) is 0 Å². The zero-order valence-corrected chi connectivity index (χ0v) is 11.0. The van der Waals surface area contributed by atoms with E-state index in [1.807, 2.05) is 19.1 Å². The van der Waals surface area contributed by atoms with Crippen LogP contribution in [0.4, 0.5) is 17.1 Å². The second kappa shape index (κ2) is 5.20. The molecule has 4 N–H and O–H groups in total. The summed E-state index contributed by atoms with van der Waals surface area (Å²) in [5.41, 5.74) is 8.77. The van der Waals surface area contributed by atoms with Crippen LogP contribution >= 0.6 is 11.6 Å². The van der Waals surface area contributed by atoms with Crippen LogP contribution in [0.15, 0.2) is 36.4 Å². The SMILES string of the molecule is Cc1ccc(Nc2ccc(C(=O)O)cc2N)cc1Cl. The number of rotatable bonds is 3. The Bertz CT molecular complexity index is 641. The Labute approximate surface area is 115 Å². The molecular weight excluding hydrogens is 264 g/mol. The van der Waals surface area contributed by atoms with Crippen molar-refractivity contribution in [3.05, 3.63) is 52.5 Å². The molecule has 0 fully saturated rings. The Kier molecular flexibility index (Phi) is 3.62. The summed E-state index contributed by atoms with van der Waals surface area (Å²) in [7, 11) is 0. The lowest BCUT2D eigenvalue weighted by molar-refractivity contribution is 0.0697. The molecule has 0 aliphatic rings.